The lowest BCUT2D eigenvalue weighted by Crippen LogP contribution is -2.45. The maximum atomic E-state index is 13.2. The number of piperidine rings is 3. The number of amides is 2. The zero-order valence-corrected chi connectivity index (χ0v) is 34.1. The van der Waals surface area contributed by atoms with Crippen molar-refractivity contribution >= 4 is 41.0 Å². The van der Waals surface area contributed by atoms with E-state index in [1.165, 1.54) is 12.8 Å². The average molecular weight is 829 g/mol. The van der Waals surface area contributed by atoms with E-state index in [9.17, 15) is 19.8 Å². The summed E-state index contributed by atoms with van der Waals surface area (Å²) in [6.07, 6.45) is 7.80. The van der Waals surface area contributed by atoms with E-state index in [4.69, 9.17) is 27.9 Å². The topological polar surface area (TPSA) is 127 Å². The molecule has 57 heavy (non-hydrogen) atoms. The van der Waals surface area contributed by atoms with Gasteiger partial charge in [-0.2, -0.15) is 0 Å². The Bertz CT molecular complexity index is 1630. The molecule has 10 nitrogen and oxygen atoms in total. The number of aliphatic hydroxyl groups is 2. The largest absolute Gasteiger partial charge is 0.444 e. The summed E-state index contributed by atoms with van der Waals surface area (Å²) in [5, 5.41) is 28.1. The number of aliphatic hydroxyl groups excluding tert-OH is 2. The average Bonchev–Trinajstić information content (AvgIpc) is 3.16. The van der Waals surface area contributed by atoms with Gasteiger partial charge in [0.2, 0.25) is 5.91 Å². The van der Waals surface area contributed by atoms with Gasteiger partial charge in [0, 0.05) is 41.8 Å². The summed E-state index contributed by atoms with van der Waals surface area (Å²) < 4.78 is 5.31. The summed E-state index contributed by atoms with van der Waals surface area (Å²) in [5.74, 6) is 1.87. The third-order valence-corrected chi connectivity index (χ3v) is 11.3. The molecule has 12 heteroatoms. The molecule has 0 aliphatic carbocycles. The number of hydrogen-bond acceptors (Lipinski definition) is 8. The molecule has 316 valence electrons. The van der Waals surface area contributed by atoms with Crippen LogP contribution in [-0.4, -0.2) is 81.9 Å². The Balaban J connectivity index is 0.000000405. The zero-order valence-electron chi connectivity index (χ0n) is 32.6. The Morgan fingerprint density at radius 3 is 1.82 bits per heavy atom. The number of carbonyl (C=O) groups is 2. The highest BCUT2D eigenvalue weighted by Gasteiger charge is 2.31. The second-order valence-corrected chi connectivity index (χ2v) is 17.2. The van der Waals surface area contributed by atoms with Crippen LogP contribution in [-0.2, 0) is 16.1 Å². The van der Waals surface area contributed by atoms with Crippen molar-refractivity contribution in [1.82, 2.24) is 20.1 Å². The third-order valence-electron chi connectivity index (χ3n) is 10.8. The number of pyridine rings is 1. The van der Waals surface area contributed by atoms with E-state index < -0.39 is 17.8 Å². The van der Waals surface area contributed by atoms with Gasteiger partial charge in [-0.1, -0.05) is 62.3 Å². The predicted octanol–water partition coefficient (Wildman–Crippen LogP) is 9.69. The lowest BCUT2D eigenvalue weighted by molar-refractivity contribution is -0.138. The number of nitrogens with zero attached hydrogens (tertiary/aromatic N) is 3. The first-order valence-corrected chi connectivity index (χ1v) is 20.6. The summed E-state index contributed by atoms with van der Waals surface area (Å²) in [6.45, 7) is 11.6. The van der Waals surface area contributed by atoms with Crippen LogP contribution in [0.5, 0.6) is 0 Å². The Morgan fingerprint density at radius 2 is 1.32 bits per heavy atom. The fourth-order valence-corrected chi connectivity index (χ4v) is 7.94. The van der Waals surface area contributed by atoms with Crippen LogP contribution in [0.2, 0.25) is 10.0 Å². The number of hydrogen-bond donors (Lipinski definition) is 4. The second-order valence-electron chi connectivity index (χ2n) is 16.3. The van der Waals surface area contributed by atoms with Crippen molar-refractivity contribution in [3.05, 3.63) is 93.6 Å². The number of nitrogens with one attached hydrogen (secondary N) is 2. The molecule has 3 fully saturated rings. The van der Waals surface area contributed by atoms with Crippen molar-refractivity contribution in [3.63, 3.8) is 0 Å². The smallest absolute Gasteiger partial charge is 0.413 e. The number of anilines is 1. The van der Waals surface area contributed by atoms with E-state index in [0.29, 0.717) is 29.1 Å². The molecule has 0 spiro atoms. The highest BCUT2D eigenvalue weighted by Crippen LogP contribution is 2.31. The number of rotatable bonds is 10. The third kappa shape index (κ3) is 16.1. The summed E-state index contributed by atoms with van der Waals surface area (Å²) in [5.41, 5.74) is 2.36. The molecule has 2 atom stereocenters. The van der Waals surface area contributed by atoms with E-state index in [-0.39, 0.29) is 32.8 Å². The van der Waals surface area contributed by atoms with Gasteiger partial charge in [-0.05, 0) is 163 Å². The fourth-order valence-electron chi connectivity index (χ4n) is 7.68. The molecule has 0 saturated carbocycles. The molecule has 3 aliphatic heterocycles. The Morgan fingerprint density at radius 1 is 0.807 bits per heavy atom. The Kier molecular flexibility index (Phi) is 19.7. The molecular weight excluding hydrogens is 761 g/mol. The predicted molar refractivity (Wildman–Crippen MR) is 233 cm³/mol. The van der Waals surface area contributed by atoms with Crippen molar-refractivity contribution in [1.29, 1.82) is 0 Å². The minimum Gasteiger partial charge on any atom is -0.444 e. The van der Waals surface area contributed by atoms with Crippen LogP contribution < -0.4 is 10.6 Å². The van der Waals surface area contributed by atoms with Crippen LogP contribution >= 0.6 is 23.2 Å². The van der Waals surface area contributed by atoms with Crippen LogP contribution in [0.15, 0.2) is 66.9 Å². The molecule has 2 aromatic carbocycles. The molecule has 2 amide bonds. The number of ether oxygens (including phenoxy) is 1. The molecule has 4 N–H and O–H groups in total. The molecule has 1 aromatic heterocycles. The highest BCUT2D eigenvalue weighted by molar-refractivity contribution is 6.30. The maximum absolute atomic E-state index is 13.2. The number of benzene rings is 2. The van der Waals surface area contributed by atoms with E-state index in [1.807, 2.05) is 86.3 Å². The number of likely N-dealkylation sites (tertiary alicyclic amines) is 2. The molecule has 3 aromatic rings. The van der Waals surface area contributed by atoms with E-state index in [2.05, 4.69) is 20.5 Å². The van der Waals surface area contributed by atoms with Gasteiger partial charge >= 0.3 is 6.09 Å². The standard InChI is InChI=1S/C30H41ClN4O4.C13H18ClNO.2CH4/c1-30(2,3)39-29(38)33-27-19-22(8-13-32-27)20-34-14-11-24(12-15-34)28(37)35-16-9-21(10-17-35)18-26(36)23-4-6-25(31)7-5-23;14-12-3-1-11(2-4-12)13(16)9-10-5-7-15-8-6-10;;/h4-8,13,19,21,24,26,36H,9-12,14-18,20H2,1-3H3,(H,32,33,38);1-4,10,13,15-16H,5-9H2;2*1H4. The van der Waals surface area contributed by atoms with Crippen LogP contribution in [0.1, 0.15) is 116 Å². The molecule has 0 radical (unpaired) electrons. The molecule has 4 heterocycles. The van der Waals surface area contributed by atoms with E-state index in [1.54, 1.807) is 6.20 Å². The van der Waals surface area contributed by atoms with Gasteiger partial charge in [-0.3, -0.25) is 15.0 Å². The van der Waals surface area contributed by atoms with E-state index in [0.717, 1.165) is 99.6 Å². The SMILES string of the molecule is C.C.CC(C)(C)OC(=O)Nc1cc(CN2CCC(C(=O)N3CCC(CC(O)c4ccc(Cl)cc4)CC3)CC2)ccn1.OC(CC1CCNCC1)c1ccc(Cl)cc1. The molecule has 6 rings (SSSR count). The molecule has 0 bridgehead atoms. The first-order chi connectivity index (χ1) is 26.3. The Labute approximate surface area is 351 Å². The van der Waals surface area contributed by atoms with Gasteiger partial charge in [0.15, 0.2) is 0 Å². The highest BCUT2D eigenvalue weighted by atomic mass is 35.5. The van der Waals surface area contributed by atoms with Gasteiger partial charge < -0.3 is 25.2 Å². The minimum absolute atomic E-state index is 0. The van der Waals surface area contributed by atoms with Crippen LogP contribution in [0, 0.1) is 17.8 Å². The summed E-state index contributed by atoms with van der Waals surface area (Å²) >= 11 is 11.8. The molecule has 3 saturated heterocycles. The monoisotopic (exact) mass is 827 g/mol. The van der Waals surface area contributed by atoms with Crippen LogP contribution in [0.3, 0.4) is 0 Å². The molecule has 3 aliphatic rings. The van der Waals surface area contributed by atoms with E-state index >= 15 is 0 Å². The lowest BCUT2D eigenvalue weighted by atomic mass is 9.87. The number of halogens is 2. The number of carbonyl (C=O) groups excluding carboxylic acids is 2. The summed E-state index contributed by atoms with van der Waals surface area (Å²) in [4.78, 5) is 33.9. The molecule has 2 unspecified atom stereocenters. The van der Waals surface area contributed by atoms with Gasteiger partial charge in [0.25, 0.3) is 0 Å². The van der Waals surface area contributed by atoms with Gasteiger partial charge in [0.1, 0.15) is 11.4 Å². The second kappa shape index (κ2) is 23.4. The van der Waals surface area contributed by atoms with Crippen molar-refractivity contribution in [2.75, 3.05) is 44.6 Å². The van der Waals surface area contributed by atoms with Crippen LogP contribution in [0.25, 0.3) is 0 Å². The van der Waals surface area contributed by atoms with Crippen molar-refractivity contribution in [3.8, 4) is 0 Å². The molecular formula is C45H67Cl2N5O5. The van der Waals surface area contributed by atoms with Gasteiger partial charge in [-0.25, -0.2) is 9.78 Å². The van der Waals surface area contributed by atoms with Gasteiger partial charge in [-0.15, -0.1) is 0 Å². The van der Waals surface area contributed by atoms with Crippen molar-refractivity contribution in [2.24, 2.45) is 17.8 Å². The number of aromatic nitrogens is 1. The minimum atomic E-state index is -0.570. The van der Waals surface area contributed by atoms with Crippen LogP contribution in [0.4, 0.5) is 10.6 Å². The van der Waals surface area contributed by atoms with Gasteiger partial charge in [0.05, 0.1) is 12.2 Å². The van der Waals surface area contributed by atoms with Crippen molar-refractivity contribution in [2.45, 2.75) is 111 Å². The lowest BCUT2D eigenvalue weighted by Gasteiger charge is -2.37. The maximum Gasteiger partial charge on any atom is 0.413 e. The normalized spacial score (nSPS) is 18.2. The summed E-state index contributed by atoms with van der Waals surface area (Å²) in [6, 6.07) is 18.7. The fraction of sp³-hybridized carbons (Fsp3) is 0.578. The zero-order chi connectivity index (χ0) is 39.4. The first kappa shape index (κ1) is 48.1. The Hall–Kier alpha value is -3.25. The quantitative estimate of drug-likeness (QED) is 0.159. The first-order valence-electron chi connectivity index (χ1n) is 19.8. The summed E-state index contributed by atoms with van der Waals surface area (Å²) in [7, 11) is 0. The van der Waals surface area contributed by atoms with Crippen molar-refractivity contribution < 1.29 is 24.5 Å².